The van der Waals surface area contributed by atoms with Crippen molar-refractivity contribution in [3.05, 3.63) is 34.9 Å². The summed E-state index contributed by atoms with van der Waals surface area (Å²) in [4.78, 5) is 19.7. The van der Waals surface area contributed by atoms with Gasteiger partial charge >= 0.3 is 18.4 Å². The van der Waals surface area contributed by atoms with Gasteiger partial charge in [-0.25, -0.2) is 14.3 Å². The lowest BCUT2D eigenvalue weighted by Gasteiger charge is -2.12. The summed E-state index contributed by atoms with van der Waals surface area (Å²) < 4.78 is 88.0. The molecule has 0 aliphatic rings. The van der Waals surface area contributed by atoms with Crippen LogP contribution in [0.2, 0.25) is 0 Å². The van der Waals surface area contributed by atoms with Crippen molar-refractivity contribution >= 4 is 11.9 Å². The fraction of sp³-hybridized carbons (Fsp3) is 0.438. The summed E-state index contributed by atoms with van der Waals surface area (Å²) in [5, 5.41) is 16.5. The van der Waals surface area contributed by atoms with Crippen LogP contribution < -0.4 is 10.1 Å². The van der Waals surface area contributed by atoms with Crippen molar-refractivity contribution in [2.45, 2.75) is 25.6 Å². The highest BCUT2D eigenvalue weighted by Gasteiger charge is 2.34. The Morgan fingerprint density at radius 1 is 1.06 bits per heavy atom. The Labute approximate surface area is 185 Å². The van der Waals surface area contributed by atoms with Crippen LogP contribution in [0.1, 0.15) is 27.6 Å². The van der Waals surface area contributed by atoms with Gasteiger partial charge in [-0.1, -0.05) is 5.10 Å². The first-order chi connectivity index (χ1) is 15.8. The van der Waals surface area contributed by atoms with Crippen LogP contribution in [0.25, 0.3) is 0 Å². The summed E-state index contributed by atoms with van der Waals surface area (Å²) in [5.41, 5.74) is -1.88. The predicted octanol–water partition coefficient (Wildman–Crippen LogP) is 1.66. The van der Waals surface area contributed by atoms with Crippen LogP contribution in [-0.2, 0) is 38.2 Å². The molecular weight excluding hydrogens is 480 g/mol. The van der Waals surface area contributed by atoms with E-state index in [0.717, 1.165) is 15.4 Å². The lowest BCUT2D eigenvalue weighted by molar-refractivity contribution is -0.155. The lowest BCUT2D eigenvalue weighted by atomic mass is 10.1. The van der Waals surface area contributed by atoms with Gasteiger partial charge in [0.25, 0.3) is 5.91 Å². The Kier molecular flexibility index (Phi) is 6.99. The second kappa shape index (κ2) is 9.57. The average molecular weight is 495 g/mol. The van der Waals surface area contributed by atoms with Crippen molar-refractivity contribution in [1.82, 2.24) is 40.0 Å². The van der Waals surface area contributed by atoms with Gasteiger partial charge in [0.1, 0.15) is 12.3 Å². The number of anilines is 1. The summed E-state index contributed by atoms with van der Waals surface area (Å²) in [6.45, 7) is -2.59. The van der Waals surface area contributed by atoms with Gasteiger partial charge in [-0.15, -0.1) is 0 Å². The quantitative estimate of drug-likeness (QED) is 0.463. The van der Waals surface area contributed by atoms with Crippen molar-refractivity contribution in [2.24, 2.45) is 14.1 Å². The van der Waals surface area contributed by atoms with E-state index in [4.69, 9.17) is 4.74 Å². The zero-order valence-corrected chi connectivity index (χ0v) is 17.3. The molecule has 0 unspecified atom stereocenters. The van der Waals surface area contributed by atoms with Gasteiger partial charge < -0.3 is 9.47 Å². The molecule has 34 heavy (non-hydrogen) atoms. The SMILES string of the molecule is Cn1nnnc1NC(=O)c1ccc(C(F)(F)F)nc1COCc1nc(OCC(F)(F)F)n(C)n1. The number of hydrogen-bond acceptors (Lipinski definition) is 9. The van der Waals surface area contributed by atoms with Gasteiger partial charge in [0.15, 0.2) is 12.4 Å². The number of amides is 1. The van der Waals surface area contributed by atoms with Crippen molar-refractivity contribution in [2.75, 3.05) is 11.9 Å². The molecule has 0 bridgehead atoms. The first-order valence-electron chi connectivity index (χ1n) is 9.11. The zero-order valence-electron chi connectivity index (χ0n) is 17.3. The van der Waals surface area contributed by atoms with Crippen LogP contribution in [0.15, 0.2) is 12.1 Å². The van der Waals surface area contributed by atoms with E-state index in [1.807, 2.05) is 0 Å². The van der Waals surface area contributed by atoms with Crippen molar-refractivity contribution in [3.63, 3.8) is 0 Å². The third kappa shape index (κ3) is 6.36. The Morgan fingerprint density at radius 2 is 1.79 bits per heavy atom. The number of hydrogen-bond donors (Lipinski definition) is 1. The number of carbonyl (C=O) groups is 1. The molecule has 0 aliphatic carbocycles. The first kappa shape index (κ1) is 24.8. The number of nitrogens with one attached hydrogen (secondary N) is 1. The van der Waals surface area contributed by atoms with E-state index in [0.29, 0.717) is 6.07 Å². The topological polar surface area (TPSA) is 135 Å². The maximum atomic E-state index is 13.1. The highest BCUT2D eigenvalue weighted by Crippen LogP contribution is 2.28. The Morgan fingerprint density at radius 3 is 2.41 bits per heavy atom. The van der Waals surface area contributed by atoms with E-state index in [1.54, 1.807) is 0 Å². The number of rotatable bonds is 8. The number of nitrogens with zero attached hydrogens (tertiary/aromatic N) is 8. The Balaban J connectivity index is 1.73. The molecule has 0 saturated carbocycles. The van der Waals surface area contributed by atoms with Crippen LogP contribution in [0.4, 0.5) is 32.3 Å². The molecule has 0 aliphatic heterocycles. The summed E-state index contributed by atoms with van der Waals surface area (Å²) in [6, 6.07) is 1.10. The molecule has 0 spiro atoms. The number of halogens is 6. The van der Waals surface area contributed by atoms with Crippen LogP contribution >= 0.6 is 0 Å². The fourth-order valence-electron chi connectivity index (χ4n) is 2.47. The highest BCUT2D eigenvalue weighted by molar-refractivity contribution is 6.04. The largest absolute Gasteiger partial charge is 0.454 e. The summed E-state index contributed by atoms with van der Waals surface area (Å²) >= 11 is 0. The van der Waals surface area contributed by atoms with E-state index >= 15 is 0 Å². The number of aryl methyl sites for hydroxylation is 2. The smallest absolute Gasteiger partial charge is 0.433 e. The molecule has 1 amide bonds. The second-order valence-electron chi connectivity index (χ2n) is 6.60. The number of carbonyl (C=O) groups excluding carboxylic acids is 1. The summed E-state index contributed by atoms with van der Waals surface area (Å²) in [7, 11) is 2.71. The Hall–Kier alpha value is -3.83. The van der Waals surface area contributed by atoms with E-state index in [2.05, 4.69) is 40.6 Å². The average Bonchev–Trinajstić information content (AvgIpc) is 3.29. The highest BCUT2D eigenvalue weighted by atomic mass is 19.4. The number of alkyl halides is 6. The third-order valence-electron chi connectivity index (χ3n) is 3.96. The third-order valence-corrected chi connectivity index (χ3v) is 3.96. The molecule has 3 heterocycles. The minimum absolute atomic E-state index is 0.0687. The number of tetrazole rings is 1. The molecule has 0 fully saturated rings. The summed E-state index contributed by atoms with van der Waals surface area (Å²) in [6.07, 6.45) is -9.37. The Bertz CT molecular complexity index is 1160. The monoisotopic (exact) mass is 495 g/mol. The van der Waals surface area contributed by atoms with Gasteiger partial charge in [0, 0.05) is 14.1 Å². The van der Waals surface area contributed by atoms with Gasteiger partial charge in [0.2, 0.25) is 5.95 Å². The molecule has 18 heteroatoms. The normalized spacial score (nSPS) is 12.1. The van der Waals surface area contributed by atoms with Crippen LogP contribution in [0.5, 0.6) is 6.01 Å². The van der Waals surface area contributed by atoms with E-state index in [-0.39, 0.29) is 23.0 Å². The minimum Gasteiger partial charge on any atom is -0.454 e. The molecule has 0 aromatic carbocycles. The van der Waals surface area contributed by atoms with Gasteiger partial charge in [-0.3, -0.25) is 10.1 Å². The van der Waals surface area contributed by atoms with Crippen LogP contribution in [-0.4, -0.2) is 58.6 Å². The fourth-order valence-corrected chi connectivity index (χ4v) is 2.47. The number of pyridine rings is 1. The molecule has 0 atom stereocenters. The lowest BCUT2D eigenvalue weighted by Crippen LogP contribution is -2.20. The standard InChI is InChI=1S/C16H15F6N9O3/c1-30-13(26-28-29-30)25-12(32)8-3-4-10(16(20,21)22)23-9(8)5-33-6-11-24-14(31(2)27-11)34-7-15(17,18)19/h3-4H,5-7H2,1-2H3,(H,25,26,29,32). The maximum absolute atomic E-state index is 13.1. The second-order valence-corrected chi connectivity index (χ2v) is 6.60. The molecule has 0 radical (unpaired) electrons. The predicted molar refractivity (Wildman–Crippen MR) is 97.0 cm³/mol. The molecule has 12 nitrogen and oxygen atoms in total. The van der Waals surface area contributed by atoms with Crippen molar-refractivity contribution in [1.29, 1.82) is 0 Å². The minimum atomic E-state index is -4.79. The van der Waals surface area contributed by atoms with Crippen LogP contribution in [0, 0.1) is 0 Å². The summed E-state index contributed by atoms with van der Waals surface area (Å²) in [5.74, 6) is -1.03. The molecule has 3 rings (SSSR count). The molecule has 184 valence electrons. The molecule has 1 N–H and O–H groups in total. The van der Waals surface area contributed by atoms with Gasteiger partial charge in [-0.2, -0.15) is 36.4 Å². The van der Waals surface area contributed by atoms with E-state index in [9.17, 15) is 31.1 Å². The van der Waals surface area contributed by atoms with E-state index < -0.39 is 49.8 Å². The van der Waals surface area contributed by atoms with Gasteiger partial charge in [0.05, 0.1) is 17.9 Å². The van der Waals surface area contributed by atoms with Crippen LogP contribution in [0.3, 0.4) is 0 Å². The first-order valence-corrected chi connectivity index (χ1v) is 9.11. The molecule has 0 saturated heterocycles. The number of aromatic nitrogens is 8. The van der Waals surface area contributed by atoms with Crippen molar-refractivity contribution in [3.8, 4) is 6.01 Å². The molecule has 3 aromatic rings. The van der Waals surface area contributed by atoms with Crippen molar-refractivity contribution < 1.29 is 40.6 Å². The maximum Gasteiger partial charge on any atom is 0.433 e. The van der Waals surface area contributed by atoms with Gasteiger partial charge in [-0.05, 0) is 22.6 Å². The van der Waals surface area contributed by atoms with E-state index in [1.165, 1.54) is 14.1 Å². The molecular formula is C16H15F6N9O3. The number of ether oxygens (including phenoxy) is 2. The molecule has 3 aromatic heterocycles. The zero-order chi connectivity index (χ0) is 25.1.